The summed E-state index contributed by atoms with van der Waals surface area (Å²) in [4.78, 5) is 14.0. The van der Waals surface area contributed by atoms with Gasteiger partial charge in [0.05, 0.1) is 11.6 Å². The second-order valence-electron chi connectivity index (χ2n) is 9.15. The minimum Gasteiger partial charge on any atom is -0.494 e. The number of aldehydes is 1. The van der Waals surface area contributed by atoms with Crippen molar-refractivity contribution in [3.8, 4) is 5.75 Å². The second kappa shape index (κ2) is 11.5. The van der Waals surface area contributed by atoms with Crippen LogP contribution in [0.4, 0.5) is 0 Å². The van der Waals surface area contributed by atoms with Crippen LogP contribution in [0.15, 0.2) is 36.4 Å². The highest BCUT2D eigenvalue weighted by Crippen LogP contribution is 2.29. The van der Waals surface area contributed by atoms with Gasteiger partial charge in [0, 0.05) is 23.7 Å². The van der Waals surface area contributed by atoms with Crippen LogP contribution < -0.4 is 10.1 Å². The minimum absolute atomic E-state index is 0.565. The number of benzene rings is 2. The molecule has 6 heteroatoms. The van der Waals surface area contributed by atoms with Crippen molar-refractivity contribution in [2.75, 3.05) is 26.2 Å². The quantitative estimate of drug-likeness (QED) is 0.406. The SMILES string of the molecule is O=Cc1c(Cl)cc(CN2CCC(CCOc3ccc(Cl)cc3)CC2)cc1CNCC1CC1. The lowest BCUT2D eigenvalue weighted by atomic mass is 9.93. The number of nitrogens with one attached hydrogen (secondary N) is 1. The van der Waals surface area contributed by atoms with E-state index < -0.39 is 0 Å². The first-order chi connectivity index (χ1) is 15.6. The predicted octanol–water partition coefficient (Wildman–Crippen LogP) is 5.99. The summed E-state index contributed by atoms with van der Waals surface area (Å²) in [6.07, 6.45) is 6.96. The Bertz CT molecular complexity index is 891. The Hall–Kier alpha value is -1.59. The van der Waals surface area contributed by atoms with Crippen LogP contribution in [0.3, 0.4) is 0 Å². The fourth-order valence-electron chi connectivity index (χ4n) is 4.41. The van der Waals surface area contributed by atoms with Gasteiger partial charge in [-0.1, -0.05) is 29.3 Å². The van der Waals surface area contributed by atoms with Gasteiger partial charge < -0.3 is 10.1 Å². The lowest BCUT2D eigenvalue weighted by molar-refractivity contribution is 0.112. The van der Waals surface area contributed by atoms with Gasteiger partial charge in [-0.25, -0.2) is 0 Å². The molecule has 0 spiro atoms. The normalized spacial score (nSPS) is 17.4. The molecule has 1 N–H and O–H groups in total. The van der Waals surface area contributed by atoms with Crippen molar-refractivity contribution < 1.29 is 9.53 Å². The first-order valence-electron chi connectivity index (χ1n) is 11.7. The van der Waals surface area contributed by atoms with E-state index in [0.29, 0.717) is 23.0 Å². The van der Waals surface area contributed by atoms with Crippen molar-refractivity contribution in [3.05, 3.63) is 63.1 Å². The summed E-state index contributed by atoms with van der Waals surface area (Å²) in [7, 11) is 0. The average Bonchev–Trinajstić information content (AvgIpc) is 3.61. The Balaban J connectivity index is 1.23. The highest BCUT2D eigenvalue weighted by atomic mass is 35.5. The van der Waals surface area contributed by atoms with Gasteiger partial charge >= 0.3 is 0 Å². The van der Waals surface area contributed by atoms with E-state index in [-0.39, 0.29) is 0 Å². The summed E-state index contributed by atoms with van der Waals surface area (Å²) < 4.78 is 5.86. The zero-order valence-electron chi connectivity index (χ0n) is 18.5. The summed E-state index contributed by atoms with van der Waals surface area (Å²) >= 11 is 12.4. The van der Waals surface area contributed by atoms with Crippen LogP contribution in [0, 0.1) is 11.8 Å². The number of piperidine rings is 1. The van der Waals surface area contributed by atoms with Crippen LogP contribution in [0.2, 0.25) is 10.0 Å². The van der Waals surface area contributed by atoms with Crippen molar-refractivity contribution in [2.24, 2.45) is 11.8 Å². The number of likely N-dealkylation sites (tertiary alicyclic amines) is 1. The molecule has 0 atom stereocenters. The van der Waals surface area contributed by atoms with E-state index in [9.17, 15) is 4.79 Å². The standard InChI is InChI=1S/C26H32Cl2N2O2/c27-23-3-5-24(6-4-23)32-12-9-19-7-10-30(11-8-19)17-21-13-22(16-29-15-20-1-2-20)25(18-31)26(28)14-21/h3-6,13-14,18-20,29H,1-2,7-12,15-17H2. The lowest BCUT2D eigenvalue weighted by Crippen LogP contribution is -2.33. The van der Waals surface area contributed by atoms with Crippen molar-refractivity contribution in [2.45, 2.75) is 45.2 Å². The summed E-state index contributed by atoms with van der Waals surface area (Å²) in [5.41, 5.74) is 2.82. The van der Waals surface area contributed by atoms with Crippen LogP contribution in [-0.4, -0.2) is 37.4 Å². The number of hydrogen-bond acceptors (Lipinski definition) is 4. The monoisotopic (exact) mass is 474 g/mol. The van der Waals surface area contributed by atoms with Gasteiger partial charge in [0.2, 0.25) is 0 Å². The van der Waals surface area contributed by atoms with E-state index in [4.69, 9.17) is 27.9 Å². The van der Waals surface area contributed by atoms with Crippen molar-refractivity contribution in [3.63, 3.8) is 0 Å². The maximum atomic E-state index is 11.5. The molecule has 1 saturated heterocycles. The Morgan fingerprint density at radius 1 is 1.03 bits per heavy atom. The third-order valence-electron chi connectivity index (χ3n) is 6.56. The fourth-order valence-corrected chi connectivity index (χ4v) is 4.84. The number of rotatable bonds is 11. The molecule has 4 nitrogen and oxygen atoms in total. The van der Waals surface area contributed by atoms with E-state index in [0.717, 1.165) is 67.7 Å². The number of nitrogens with zero attached hydrogens (tertiary/aromatic N) is 1. The van der Waals surface area contributed by atoms with Crippen LogP contribution in [-0.2, 0) is 13.1 Å². The van der Waals surface area contributed by atoms with E-state index in [1.807, 2.05) is 30.3 Å². The molecule has 32 heavy (non-hydrogen) atoms. The molecule has 0 amide bonds. The topological polar surface area (TPSA) is 41.6 Å². The van der Waals surface area contributed by atoms with Crippen LogP contribution >= 0.6 is 23.2 Å². The molecule has 1 aliphatic carbocycles. The molecular formula is C26H32Cl2N2O2. The zero-order chi connectivity index (χ0) is 22.3. The maximum Gasteiger partial charge on any atom is 0.151 e. The summed E-state index contributed by atoms with van der Waals surface area (Å²) in [5, 5.41) is 4.78. The summed E-state index contributed by atoms with van der Waals surface area (Å²) in [6.45, 7) is 5.50. The highest BCUT2D eigenvalue weighted by Gasteiger charge is 2.22. The number of carbonyl (C=O) groups excluding carboxylic acids is 1. The smallest absolute Gasteiger partial charge is 0.151 e. The molecule has 2 fully saturated rings. The molecule has 0 unspecified atom stereocenters. The predicted molar refractivity (Wildman–Crippen MR) is 131 cm³/mol. The molecule has 1 heterocycles. The van der Waals surface area contributed by atoms with E-state index in [2.05, 4.69) is 16.3 Å². The average molecular weight is 475 g/mol. The number of halogens is 2. The van der Waals surface area contributed by atoms with E-state index >= 15 is 0 Å². The third kappa shape index (κ3) is 6.95. The Kier molecular flexibility index (Phi) is 8.48. The van der Waals surface area contributed by atoms with Crippen LogP contribution in [0.5, 0.6) is 5.75 Å². The molecule has 2 aromatic carbocycles. The van der Waals surface area contributed by atoms with Gasteiger partial charge in [0.15, 0.2) is 6.29 Å². The zero-order valence-corrected chi connectivity index (χ0v) is 20.0. The highest BCUT2D eigenvalue weighted by molar-refractivity contribution is 6.33. The van der Waals surface area contributed by atoms with Crippen molar-refractivity contribution in [1.82, 2.24) is 10.2 Å². The van der Waals surface area contributed by atoms with E-state index in [1.54, 1.807) is 0 Å². The molecule has 0 bridgehead atoms. The molecular weight excluding hydrogens is 443 g/mol. The molecule has 4 rings (SSSR count). The van der Waals surface area contributed by atoms with Gasteiger partial charge in [-0.2, -0.15) is 0 Å². The summed E-state index contributed by atoms with van der Waals surface area (Å²) in [5.74, 6) is 2.39. The van der Waals surface area contributed by atoms with Crippen LogP contribution in [0.25, 0.3) is 0 Å². The molecule has 2 aromatic rings. The second-order valence-corrected chi connectivity index (χ2v) is 10.00. The first-order valence-corrected chi connectivity index (χ1v) is 12.4. The van der Waals surface area contributed by atoms with Gasteiger partial charge in [-0.05, 0) is 105 Å². The van der Waals surface area contributed by atoms with Crippen molar-refractivity contribution >= 4 is 29.5 Å². The van der Waals surface area contributed by atoms with Crippen LogP contribution in [0.1, 0.15) is 53.6 Å². The van der Waals surface area contributed by atoms with Gasteiger partial charge in [-0.15, -0.1) is 0 Å². The third-order valence-corrected chi connectivity index (χ3v) is 7.12. The van der Waals surface area contributed by atoms with Gasteiger partial charge in [0.25, 0.3) is 0 Å². The molecule has 0 radical (unpaired) electrons. The van der Waals surface area contributed by atoms with Gasteiger partial charge in [0.1, 0.15) is 5.75 Å². The molecule has 1 aliphatic heterocycles. The number of hydrogen-bond donors (Lipinski definition) is 1. The molecule has 172 valence electrons. The lowest BCUT2D eigenvalue weighted by Gasteiger charge is -2.32. The molecule has 0 aromatic heterocycles. The first kappa shape index (κ1) is 23.6. The Morgan fingerprint density at radius 3 is 2.47 bits per heavy atom. The molecule has 2 aliphatic rings. The van der Waals surface area contributed by atoms with Crippen molar-refractivity contribution in [1.29, 1.82) is 0 Å². The fraction of sp³-hybridized carbons (Fsp3) is 0.500. The maximum absolute atomic E-state index is 11.5. The molecule has 1 saturated carbocycles. The number of carbonyl (C=O) groups is 1. The Morgan fingerprint density at radius 2 is 1.78 bits per heavy atom. The Labute approximate surface area is 201 Å². The largest absolute Gasteiger partial charge is 0.494 e. The van der Waals surface area contributed by atoms with E-state index in [1.165, 1.54) is 31.2 Å². The minimum atomic E-state index is 0.565. The summed E-state index contributed by atoms with van der Waals surface area (Å²) in [6, 6.07) is 11.7. The number of ether oxygens (including phenoxy) is 1. The van der Waals surface area contributed by atoms with Gasteiger partial charge in [-0.3, -0.25) is 9.69 Å².